The summed E-state index contributed by atoms with van der Waals surface area (Å²) in [6, 6.07) is 5.11. The number of carbonyl (C=O) groups excluding carboxylic acids is 2. The number of ketones is 1. The van der Waals surface area contributed by atoms with Crippen molar-refractivity contribution in [3.8, 4) is 0 Å². The van der Waals surface area contributed by atoms with E-state index in [1.165, 1.54) is 6.92 Å². The summed E-state index contributed by atoms with van der Waals surface area (Å²) in [7, 11) is 0. The van der Waals surface area contributed by atoms with Gasteiger partial charge in [-0.15, -0.1) is 0 Å². The Hall–Kier alpha value is -1.16. The van der Waals surface area contributed by atoms with Crippen molar-refractivity contribution in [2.75, 3.05) is 6.61 Å². The average Bonchev–Trinajstić information content (AvgIpc) is 2.20. The van der Waals surface area contributed by atoms with Gasteiger partial charge in [0.25, 0.3) is 0 Å². The zero-order valence-corrected chi connectivity index (χ0v) is 10.8. The van der Waals surface area contributed by atoms with Crippen LogP contribution in [0.15, 0.2) is 22.7 Å². The van der Waals surface area contributed by atoms with Gasteiger partial charge in [0, 0.05) is 10.9 Å². The van der Waals surface area contributed by atoms with Gasteiger partial charge in [-0.25, -0.2) is 4.79 Å². The van der Waals surface area contributed by atoms with E-state index >= 15 is 0 Å². The Balaban J connectivity index is 2.90. The lowest BCUT2D eigenvalue weighted by atomic mass is 10.1. The summed E-state index contributed by atoms with van der Waals surface area (Å²) in [4.78, 5) is 22.4. The summed E-state index contributed by atoms with van der Waals surface area (Å²) in [6.45, 7) is 3.65. The maximum atomic E-state index is 11.4. The predicted molar refractivity (Wildman–Crippen MR) is 64.5 cm³/mol. The maximum absolute atomic E-state index is 11.4. The van der Waals surface area contributed by atoms with E-state index < -0.39 is 0 Å². The Bertz CT molecular complexity index is 413. The van der Waals surface area contributed by atoms with Gasteiger partial charge in [0.15, 0.2) is 0 Å². The number of benzene rings is 1. The second-order valence-corrected chi connectivity index (χ2v) is 4.26. The summed E-state index contributed by atoms with van der Waals surface area (Å²) in [6.07, 6.45) is 0.365. The van der Waals surface area contributed by atoms with E-state index in [4.69, 9.17) is 4.74 Å². The highest BCUT2D eigenvalue weighted by Crippen LogP contribution is 2.20. The molecule has 0 aliphatic rings. The van der Waals surface area contributed by atoms with Crippen molar-refractivity contribution in [1.29, 1.82) is 0 Å². The number of halogens is 1. The molecule has 4 heteroatoms. The smallest absolute Gasteiger partial charge is 0.338 e. The second kappa shape index (κ2) is 5.80. The molecule has 3 nitrogen and oxygen atoms in total. The Morgan fingerprint density at radius 3 is 2.56 bits per heavy atom. The summed E-state index contributed by atoms with van der Waals surface area (Å²) < 4.78 is 5.63. The Kier molecular flexibility index (Phi) is 4.68. The third-order valence-corrected chi connectivity index (χ3v) is 2.74. The van der Waals surface area contributed by atoms with Crippen LogP contribution >= 0.6 is 15.9 Å². The molecule has 0 amide bonds. The minimum absolute atomic E-state index is 0.0876. The number of esters is 1. The molecule has 0 atom stereocenters. The average molecular weight is 285 g/mol. The Labute approximate surface area is 103 Å². The summed E-state index contributed by atoms with van der Waals surface area (Å²) >= 11 is 3.34. The molecule has 0 heterocycles. The van der Waals surface area contributed by atoms with E-state index in [0.717, 1.165) is 10.0 Å². The van der Waals surface area contributed by atoms with Crippen molar-refractivity contribution in [3.05, 3.63) is 33.8 Å². The molecule has 0 unspecified atom stereocenters. The lowest BCUT2D eigenvalue weighted by Gasteiger charge is -2.05. The van der Waals surface area contributed by atoms with E-state index in [2.05, 4.69) is 15.9 Å². The van der Waals surface area contributed by atoms with Gasteiger partial charge < -0.3 is 4.74 Å². The molecule has 0 N–H and O–H groups in total. The SMILES string of the molecule is CCOC(=O)c1ccc(CC(C)=O)c(Br)c1. The highest BCUT2D eigenvalue weighted by Gasteiger charge is 2.09. The molecule has 0 aliphatic carbocycles. The van der Waals surface area contributed by atoms with E-state index in [9.17, 15) is 9.59 Å². The van der Waals surface area contributed by atoms with Gasteiger partial charge in [0.2, 0.25) is 0 Å². The first kappa shape index (κ1) is 12.9. The van der Waals surface area contributed by atoms with Gasteiger partial charge in [-0.3, -0.25) is 4.79 Å². The van der Waals surface area contributed by atoms with Crippen molar-refractivity contribution >= 4 is 27.7 Å². The van der Waals surface area contributed by atoms with Crippen LogP contribution in [0.2, 0.25) is 0 Å². The highest BCUT2D eigenvalue weighted by atomic mass is 79.9. The molecule has 16 heavy (non-hydrogen) atoms. The molecule has 0 bridgehead atoms. The number of Topliss-reactive ketones (excluding diaryl/α,β-unsaturated/α-hetero) is 1. The van der Waals surface area contributed by atoms with Gasteiger partial charge in [-0.1, -0.05) is 22.0 Å². The molecule has 1 rings (SSSR count). The maximum Gasteiger partial charge on any atom is 0.338 e. The number of hydrogen-bond donors (Lipinski definition) is 0. The van der Waals surface area contributed by atoms with Crippen LogP contribution in [0.3, 0.4) is 0 Å². The minimum atomic E-state index is -0.349. The largest absolute Gasteiger partial charge is 0.462 e. The lowest BCUT2D eigenvalue weighted by Crippen LogP contribution is -2.05. The summed E-state index contributed by atoms with van der Waals surface area (Å²) in [5.74, 6) is -0.262. The fourth-order valence-corrected chi connectivity index (χ4v) is 1.82. The molecular formula is C12H13BrO3. The van der Waals surface area contributed by atoms with Crippen LogP contribution in [0.5, 0.6) is 0 Å². The van der Waals surface area contributed by atoms with Crippen LogP contribution < -0.4 is 0 Å². The van der Waals surface area contributed by atoms with Crippen molar-refractivity contribution in [2.24, 2.45) is 0 Å². The molecule has 0 spiro atoms. The standard InChI is InChI=1S/C12H13BrO3/c1-3-16-12(15)10-5-4-9(6-8(2)14)11(13)7-10/h4-5,7H,3,6H2,1-2H3. The molecule has 0 radical (unpaired) electrons. The number of ether oxygens (including phenoxy) is 1. The Morgan fingerprint density at radius 2 is 2.06 bits per heavy atom. The van der Waals surface area contributed by atoms with Crippen molar-refractivity contribution in [3.63, 3.8) is 0 Å². The summed E-state index contributed by atoms with van der Waals surface area (Å²) in [5.41, 5.74) is 1.36. The van der Waals surface area contributed by atoms with Crippen LogP contribution in [0.1, 0.15) is 29.8 Å². The fraction of sp³-hybridized carbons (Fsp3) is 0.333. The van der Waals surface area contributed by atoms with Crippen molar-refractivity contribution in [2.45, 2.75) is 20.3 Å². The first-order valence-electron chi connectivity index (χ1n) is 4.99. The van der Waals surface area contributed by atoms with Crippen LogP contribution in [0, 0.1) is 0 Å². The highest BCUT2D eigenvalue weighted by molar-refractivity contribution is 9.10. The third kappa shape index (κ3) is 3.45. The molecule has 86 valence electrons. The van der Waals surface area contributed by atoms with Gasteiger partial charge >= 0.3 is 5.97 Å². The van der Waals surface area contributed by atoms with Crippen LogP contribution in [-0.4, -0.2) is 18.4 Å². The first-order chi connectivity index (χ1) is 7.54. The molecule has 0 saturated carbocycles. The second-order valence-electron chi connectivity index (χ2n) is 3.41. The number of hydrogen-bond acceptors (Lipinski definition) is 3. The van der Waals surface area contributed by atoms with E-state index in [1.807, 2.05) is 0 Å². The van der Waals surface area contributed by atoms with Gasteiger partial charge in [-0.2, -0.15) is 0 Å². The molecule has 1 aromatic carbocycles. The zero-order chi connectivity index (χ0) is 12.1. The zero-order valence-electron chi connectivity index (χ0n) is 9.25. The monoisotopic (exact) mass is 284 g/mol. The van der Waals surface area contributed by atoms with Gasteiger partial charge in [0.05, 0.1) is 12.2 Å². The molecule has 0 fully saturated rings. The fourth-order valence-electron chi connectivity index (χ4n) is 1.30. The molecule has 0 aliphatic heterocycles. The third-order valence-electron chi connectivity index (χ3n) is 2.00. The van der Waals surface area contributed by atoms with Crippen LogP contribution in [0.4, 0.5) is 0 Å². The van der Waals surface area contributed by atoms with Gasteiger partial charge in [0.1, 0.15) is 5.78 Å². The molecule has 0 aromatic heterocycles. The minimum Gasteiger partial charge on any atom is -0.462 e. The molecule has 0 saturated heterocycles. The number of carbonyl (C=O) groups is 2. The quantitative estimate of drug-likeness (QED) is 0.799. The molecular weight excluding hydrogens is 272 g/mol. The van der Waals surface area contributed by atoms with Crippen LogP contribution in [0.25, 0.3) is 0 Å². The normalized spacial score (nSPS) is 9.94. The number of rotatable bonds is 4. The predicted octanol–water partition coefficient (Wildman–Crippen LogP) is 2.76. The first-order valence-corrected chi connectivity index (χ1v) is 5.79. The Morgan fingerprint density at radius 1 is 1.38 bits per heavy atom. The van der Waals surface area contributed by atoms with E-state index in [1.54, 1.807) is 25.1 Å². The van der Waals surface area contributed by atoms with Gasteiger partial charge in [-0.05, 0) is 31.5 Å². The topological polar surface area (TPSA) is 43.4 Å². The van der Waals surface area contributed by atoms with Crippen molar-refractivity contribution < 1.29 is 14.3 Å². The lowest BCUT2D eigenvalue weighted by molar-refractivity contribution is -0.116. The molecule has 1 aromatic rings. The van der Waals surface area contributed by atoms with E-state index in [0.29, 0.717) is 18.6 Å². The summed E-state index contributed by atoms with van der Waals surface area (Å²) in [5, 5.41) is 0. The van der Waals surface area contributed by atoms with Crippen LogP contribution in [-0.2, 0) is 16.0 Å². The van der Waals surface area contributed by atoms with E-state index in [-0.39, 0.29) is 11.8 Å². The van der Waals surface area contributed by atoms with Crippen molar-refractivity contribution in [1.82, 2.24) is 0 Å².